The Labute approximate surface area is 67.6 Å². The Hall–Kier alpha value is -0.0800. The van der Waals surface area contributed by atoms with E-state index in [1.54, 1.807) is 0 Å². The minimum absolute atomic E-state index is 0.167. The number of ether oxygens (including phenoxy) is 1. The van der Waals surface area contributed by atoms with Crippen LogP contribution in [-0.4, -0.2) is 23.4 Å². The van der Waals surface area contributed by atoms with Crippen LogP contribution in [0.25, 0.3) is 0 Å². The molecule has 0 radical (unpaired) electrons. The first-order valence-corrected chi connectivity index (χ1v) is 4.70. The lowest BCUT2D eigenvalue weighted by Crippen LogP contribution is -2.32. The van der Waals surface area contributed by atoms with Gasteiger partial charge in [-0.25, -0.2) is 0 Å². The van der Waals surface area contributed by atoms with Crippen molar-refractivity contribution >= 4 is 0 Å². The van der Waals surface area contributed by atoms with Gasteiger partial charge in [0.25, 0.3) is 0 Å². The third-order valence-electron chi connectivity index (χ3n) is 2.84. The van der Waals surface area contributed by atoms with E-state index in [0.29, 0.717) is 6.10 Å². The van der Waals surface area contributed by atoms with Gasteiger partial charge >= 0.3 is 0 Å². The maximum atomic E-state index is 9.43. The summed E-state index contributed by atoms with van der Waals surface area (Å²) >= 11 is 0. The standard InChI is InChI=1S/C9H16O2/c10-8-5-2-6-9(8)11-7-3-1-4-7/h7-10H,1-6H2/t8-,9-/m1/s1. The minimum Gasteiger partial charge on any atom is -0.390 e. The summed E-state index contributed by atoms with van der Waals surface area (Å²) in [5, 5.41) is 9.43. The molecule has 0 amide bonds. The summed E-state index contributed by atoms with van der Waals surface area (Å²) in [6, 6.07) is 0. The molecule has 0 aliphatic heterocycles. The number of hydrogen-bond donors (Lipinski definition) is 1. The van der Waals surface area contributed by atoms with Crippen LogP contribution in [0.2, 0.25) is 0 Å². The Balaban J connectivity index is 1.75. The van der Waals surface area contributed by atoms with Crippen molar-refractivity contribution in [1.29, 1.82) is 0 Å². The van der Waals surface area contributed by atoms with E-state index in [4.69, 9.17) is 4.74 Å². The minimum atomic E-state index is -0.171. The monoisotopic (exact) mass is 156 g/mol. The lowest BCUT2D eigenvalue weighted by molar-refractivity contribution is -0.0887. The molecule has 2 fully saturated rings. The highest BCUT2D eigenvalue weighted by molar-refractivity contribution is 4.80. The molecule has 0 aromatic rings. The molecular weight excluding hydrogens is 140 g/mol. The summed E-state index contributed by atoms with van der Waals surface area (Å²) in [6.45, 7) is 0. The van der Waals surface area contributed by atoms with Crippen LogP contribution >= 0.6 is 0 Å². The Morgan fingerprint density at radius 3 is 2.18 bits per heavy atom. The van der Waals surface area contributed by atoms with Gasteiger partial charge in [0.2, 0.25) is 0 Å². The normalized spacial score (nSPS) is 39.0. The van der Waals surface area contributed by atoms with E-state index in [1.165, 1.54) is 19.3 Å². The van der Waals surface area contributed by atoms with Crippen molar-refractivity contribution in [3.63, 3.8) is 0 Å². The summed E-state index contributed by atoms with van der Waals surface area (Å²) in [6.07, 6.45) is 7.36. The van der Waals surface area contributed by atoms with Gasteiger partial charge < -0.3 is 9.84 Å². The third-order valence-corrected chi connectivity index (χ3v) is 2.84. The van der Waals surface area contributed by atoms with Gasteiger partial charge in [0.05, 0.1) is 18.3 Å². The van der Waals surface area contributed by atoms with Gasteiger partial charge in [-0.2, -0.15) is 0 Å². The van der Waals surface area contributed by atoms with E-state index in [0.717, 1.165) is 19.3 Å². The molecule has 0 spiro atoms. The second-order valence-electron chi connectivity index (χ2n) is 3.73. The lowest BCUT2D eigenvalue weighted by Gasteiger charge is -2.30. The Bertz CT molecular complexity index is 132. The average molecular weight is 156 g/mol. The van der Waals surface area contributed by atoms with Gasteiger partial charge in [-0.1, -0.05) is 0 Å². The molecule has 2 nitrogen and oxygen atoms in total. The fourth-order valence-electron chi connectivity index (χ4n) is 1.82. The molecule has 1 N–H and O–H groups in total. The molecule has 0 heterocycles. The molecule has 2 aliphatic carbocycles. The zero-order valence-electron chi connectivity index (χ0n) is 6.83. The van der Waals surface area contributed by atoms with Crippen molar-refractivity contribution in [1.82, 2.24) is 0 Å². The molecule has 2 saturated carbocycles. The molecule has 2 aliphatic rings. The Morgan fingerprint density at radius 1 is 1.00 bits per heavy atom. The molecule has 2 heteroatoms. The summed E-state index contributed by atoms with van der Waals surface area (Å²) in [4.78, 5) is 0. The summed E-state index contributed by atoms with van der Waals surface area (Å²) in [7, 11) is 0. The van der Waals surface area contributed by atoms with Crippen molar-refractivity contribution < 1.29 is 9.84 Å². The number of rotatable bonds is 2. The lowest BCUT2D eigenvalue weighted by atomic mass is 9.96. The molecule has 11 heavy (non-hydrogen) atoms. The van der Waals surface area contributed by atoms with Crippen molar-refractivity contribution in [2.75, 3.05) is 0 Å². The second-order valence-corrected chi connectivity index (χ2v) is 3.73. The van der Waals surface area contributed by atoms with Crippen molar-refractivity contribution in [3.05, 3.63) is 0 Å². The van der Waals surface area contributed by atoms with Crippen LogP contribution in [0.15, 0.2) is 0 Å². The van der Waals surface area contributed by atoms with E-state index in [1.807, 2.05) is 0 Å². The van der Waals surface area contributed by atoms with Crippen LogP contribution in [0.3, 0.4) is 0 Å². The molecule has 0 aromatic carbocycles. The Kier molecular flexibility index (Phi) is 2.14. The van der Waals surface area contributed by atoms with E-state index in [2.05, 4.69) is 0 Å². The Morgan fingerprint density at radius 2 is 1.73 bits per heavy atom. The summed E-state index contributed by atoms with van der Waals surface area (Å²) < 4.78 is 5.71. The van der Waals surface area contributed by atoms with Crippen LogP contribution in [-0.2, 0) is 4.74 Å². The summed E-state index contributed by atoms with van der Waals surface area (Å²) in [5.74, 6) is 0. The molecular formula is C9H16O2. The molecule has 64 valence electrons. The fraction of sp³-hybridized carbons (Fsp3) is 1.00. The van der Waals surface area contributed by atoms with E-state index in [-0.39, 0.29) is 12.2 Å². The summed E-state index contributed by atoms with van der Waals surface area (Å²) in [5.41, 5.74) is 0. The smallest absolute Gasteiger partial charge is 0.0837 e. The molecule has 0 saturated heterocycles. The average Bonchev–Trinajstić information content (AvgIpc) is 2.27. The van der Waals surface area contributed by atoms with Crippen LogP contribution in [0, 0.1) is 0 Å². The number of aliphatic hydroxyl groups excluding tert-OH is 1. The fourth-order valence-corrected chi connectivity index (χ4v) is 1.82. The SMILES string of the molecule is O[C@@H]1CCC[C@H]1OC1CCC1. The third kappa shape index (κ3) is 1.57. The van der Waals surface area contributed by atoms with Crippen LogP contribution < -0.4 is 0 Å². The van der Waals surface area contributed by atoms with Gasteiger partial charge in [0.15, 0.2) is 0 Å². The molecule has 2 rings (SSSR count). The highest BCUT2D eigenvalue weighted by Gasteiger charge is 2.30. The van der Waals surface area contributed by atoms with Crippen molar-refractivity contribution in [2.45, 2.75) is 56.8 Å². The van der Waals surface area contributed by atoms with Crippen molar-refractivity contribution in [2.24, 2.45) is 0 Å². The molecule has 2 atom stereocenters. The van der Waals surface area contributed by atoms with Gasteiger partial charge in [-0.15, -0.1) is 0 Å². The van der Waals surface area contributed by atoms with Crippen LogP contribution in [0.5, 0.6) is 0 Å². The molecule has 0 unspecified atom stereocenters. The zero-order valence-corrected chi connectivity index (χ0v) is 6.83. The predicted molar refractivity (Wildman–Crippen MR) is 42.4 cm³/mol. The molecule has 0 aromatic heterocycles. The first kappa shape index (κ1) is 7.56. The largest absolute Gasteiger partial charge is 0.390 e. The van der Waals surface area contributed by atoms with Crippen molar-refractivity contribution in [3.8, 4) is 0 Å². The zero-order chi connectivity index (χ0) is 7.68. The highest BCUT2D eigenvalue weighted by atomic mass is 16.5. The van der Waals surface area contributed by atoms with Gasteiger partial charge in [-0.05, 0) is 38.5 Å². The van der Waals surface area contributed by atoms with Crippen LogP contribution in [0.4, 0.5) is 0 Å². The van der Waals surface area contributed by atoms with Gasteiger partial charge in [0.1, 0.15) is 0 Å². The van der Waals surface area contributed by atoms with Gasteiger partial charge in [0, 0.05) is 0 Å². The first-order chi connectivity index (χ1) is 5.36. The first-order valence-electron chi connectivity index (χ1n) is 4.70. The maximum Gasteiger partial charge on any atom is 0.0837 e. The highest BCUT2D eigenvalue weighted by Crippen LogP contribution is 2.29. The van der Waals surface area contributed by atoms with Crippen LogP contribution in [0.1, 0.15) is 38.5 Å². The van der Waals surface area contributed by atoms with E-state index < -0.39 is 0 Å². The molecule has 0 bridgehead atoms. The van der Waals surface area contributed by atoms with E-state index in [9.17, 15) is 5.11 Å². The second kappa shape index (κ2) is 3.11. The van der Waals surface area contributed by atoms with Gasteiger partial charge in [-0.3, -0.25) is 0 Å². The quantitative estimate of drug-likeness (QED) is 0.656. The predicted octanol–water partition coefficient (Wildman–Crippen LogP) is 1.47. The van der Waals surface area contributed by atoms with E-state index >= 15 is 0 Å². The maximum absolute atomic E-state index is 9.43. The topological polar surface area (TPSA) is 29.5 Å². The number of aliphatic hydroxyl groups is 1. The number of hydrogen-bond acceptors (Lipinski definition) is 2.